The van der Waals surface area contributed by atoms with Crippen molar-refractivity contribution < 1.29 is 4.79 Å². The maximum Gasteiger partial charge on any atom is 0.225 e. The maximum absolute atomic E-state index is 11.7. The molecule has 3 nitrogen and oxygen atoms in total. The van der Waals surface area contributed by atoms with E-state index in [1.807, 2.05) is 0 Å². The normalized spacial score (nSPS) is 25.1. The number of hydrogen-bond acceptors (Lipinski definition) is 2. The van der Waals surface area contributed by atoms with Crippen molar-refractivity contribution in [2.24, 2.45) is 5.92 Å². The van der Waals surface area contributed by atoms with E-state index in [9.17, 15) is 4.79 Å². The van der Waals surface area contributed by atoms with Crippen molar-refractivity contribution in [3.63, 3.8) is 0 Å². The van der Waals surface area contributed by atoms with Gasteiger partial charge in [0.25, 0.3) is 0 Å². The van der Waals surface area contributed by atoms with Gasteiger partial charge in [-0.1, -0.05) is 32.1 Å². The van der Waals surface area contributed by atoms with Crippen LogP contribution in [0.4, 0.5) is 0 Å². The molecule has 1 amide bonds. The van der Waals surface area contributed by atoms with Gasteiger partial charge >= 0.3 is 0 Å². The van der Waals surface area contributed by atoms with Gasteiger partial charge in [-0.05, 0) is 12.8 Å². The third-order valence-electron chi connectivity index (χ3n) is 3.60. The van der Waals surface area contributed by atoms with E-state index in [1.165, 1.54) is 44.9 Å². The number of rotatable bonds is 2. The second kappa shape index (κ2) is 5.50. The third-order valence-corrected chi connectivity index (χ3v) is 3.60. The van der Waals surface area contributed by atoms with Crippen molar-refractivity contribution in [1.82, 2.24) is 10.6 Å². The van der Waals surface area contributed by atoms with E-state index >= 15 is 0 Å². The Bertz CT molecular complexity index is 206. The zero-order chi connectivity index (χ0) is 10.5. The van der Waals surface area contributed by atoms with Crippen molar-refractivity contribution in [2.75, 3.05) is 13.1 Å². The summed E-state index contributed by atoms with van der Waals surface area (Å²) in [7, 11) is 0. The summed E-state index contributed by atoms with van der Waals surface area (Å²) in [6, 6.07) is 0.457. The molecule has 15 heavy (non-hydrogen) atoms. The first-order valence-corrected chi connectivity index (χ1v) is 6.37. The molecule has 2 aliphatic rings. The van der Waals surface area contributed by atoms with Gasteiger partial charge < -0.3 is 10.6 Å². The summed E-state index contributed by atoms with van der Waals surface area (Å²) in [6.45, 7) is 1.75. The Morgan fingerprint density at radius 3 is 2.13 bits per heavy atom. The van der Waals surface area contributed by atoms with E-state index in [4.69, 9.17) is 0 Å². The molecule has 0 unspecified atom stereocenters. The predicted molar refractivity (Wildman–Crippen MR) is 60.6 cm³/mol. The van der Waals surface area contributed by atoms with Gasteiger partial charge in [-0.2, -0.15) is 0 Å². The summed E-state index contributed by atoms with van der Waals surface area (Å²) < 4.78 is 0. The Labute approximate surface area is 92.0 Å². The molecule has 0 radical (unpaired) electrons. The van der Waals surface area contributed by atoms with E-state index in [1.54, 1.807) is 0 Å². The Kier molecular flexibility index (Phi) is 4.01. The highest BCUT2D eigenvalue weighted by atomic mass is 16.2. The van der Waals surface area contributed by atoms with E-state index in [-0.39, 0.29) is 11.8 Å². The fourth-order valence-corrected chi connectivity index (χ4v) is 2.39. The first-order valence-electron chi connectivity index (χ1n) is 6.37. The molecule has 1 heterocycles. The van der Waals surface area contributed by atoms with Crippen LogP contribution in [0.3, 0.4) is 0 Å². The van der Waals surface area contributed by atoms with E-state index < -0.39 is 0 Å². The second-order valence-electron chi connectivity index (χ2n) is 4.91. The molecular formula is C12H22N2O. The van der Waals surface area contributed by atoms with Crippen molar-refractivity contribution in [2.45, 2.75) is 51.0 Å². The summed E-state index contributed by atoms with van der Waals surface area (Å²) in [5, 5.41) is 6.35. The first kappa shape index (κ1) is 10.9. The highest BCUT2D eigenvalue weighted by molar-refractivity contribution is 5.80. The van der Waals surface area contributed by atoms with Crippen LogP contribution in [0.5, 0.6) is 0 Å². The Morgan fingerprint density at radius 1 is 1.00 bits per heavy atom. The molecule has 0 atom stereocenters. The molecule has 3 heteroatoms. The van der Waals surface area contributed by atoms with Crippen LogP contribution >= 0.6 is 0 Å². The fourth-order valence-electron chi connectivity index (χ4n) is 2.39. The molecule has 1 saturated heterocycles. The minimum Gasteiger partial charge on any atom is -0.353 e. The average molecular weight is 210 g/mol. The summed E-state index contributed by atoms with van der Waals surface area (Å²) in [6.07, 6.45) is 9.02. The molecule has 1 aliphatic heterocycles. The summed E-state index contributed by atoms with van der Waals surface area (Å²) in [5.74, 6) is 0.523. The predicted octanol–water partition coefficient (Wildman–Crippen LogP) is 1.43. The number of nitrogens with one attached hydrogen (secondary N) is 2. The molecule has 1 aliphatic carbocycles. The van der Waals surface area contributed by atoms with Crippen LogP contribution in [0, 0.1) is 5.92 Å². The average Bonchev–Trinajstić information content (AvgIpc) is 2.06. The lowest BCUT2D eigenvalue weighted by Crippen LogP contribution is -2.52. The number of hydrogen-bond donors (Lipinski definition) is 2. The minimum atomic E-state index is 0.246. The van der Waals surface area contributed by atoms with Gasteiger partial charge in [0.1, 0.15) is 0 Å². The first-order chi connectivity index (χ1) is 7.36. The molecule has 0 spiro atoms. The molecule has 1 saturated carbocycles. The van der Waals surface area contributed by atoms with Gasteiger partial charge in [0.15, 0.2) is 0 Å². The summed E-state index contributed by atoms with van der Waals surface area (Å²) in [4.78, 5) is 11.7. The van der Waals surface area contributed by atoms with Gasteiger partial charge in [-0.15, -0.1) is 0 Å². The molecule has 2 fully saturated rings. The number of carbonyl (C=O) groups excluding carboxylic acids is 1. The molecule has 0 aromatic heterocycles. The van der Waals surface area contributed by atoms with Crippen LogP contribution in [0.15, 0.2) is 0 Å². The molecular weight excluding hydrogens is 188 g/mol. The highest BCUT2D eigenvalue weighted by Gasteiger charge is 2.26. The number of carbonyl (C=O) groups is 1. The van der Waals surface area contributed by atoms with Crippen molar-refractivity contribution in [3.05, 3.63) is 0 Å². The lowest BCUT2D eigenvalue weighted by atomic mass is 9.95. The van der Waals surface area contributed by atoms with E-state index in [2.05, 4.69) is 10.6 Å². The third kappa shape index (κ3) is 3.20. The zero-order valence-electron chi connectivity index (χ0n) is 9.43. The highest BCUT2D eigenvalue weighted by Crippen LogP contribution is 2.17. The van der Waals surface area contributed by atoms with Gasteiger partial charge in [-0.3, -0.25) is 4.79 Å². The molecule has 0 bridgehead atoms. The molecule has 86 valence electrons. The van der Waals surface area contributed by atoms with E-state index in [0.29, 0.717) is 6.04 Å². The SMILES string of the molecule is O=C(NC1CCCCCCC1)C1CNC1. The fraction of sp³-hybridized carbons (Fsp3) is 0.917. The Hall–Kier alpha value is -0.570. The quantitative estimate of drug-likeness (QED) is 0.724. The summed E-state index contributed by atoms with van der Waals surface area (Å²) in [5.41, 5.74) is 0. The molecule has 2 rings (SSSR count). The second-order valence-corrected chi connectivity index (χ2v) is 4.91. The largest absolute Gasteiger partial charge is 0.353 e. The number of amides is 1. The lowest BCUT2D eigenvalue weighted by molar-refractivity contribution is -0.127. The smallest absolute Gasteiger partial charge is 0.225 e. The van der Waals surface area contributed by atoms with Crippen LogP contribution in [-0.4, -0.2) is 25.0 Å². The molecule has 0 aromatic carbocycles. The van der Waals surface area contributed by atoms with Crippen molar-refractivity contribution in [3.8, 4) is 0 Å². The monoisotopic (exact) mass is 210 g/mol. The lowest BCUT2D eigenvalue weighted by Gasteiger charge is -2.29. The molecule has 0 aromatic rings. The van der Waals surface area contributed by atoms with Gasteiger partial charge in [-0.25, -0.2) is 0 Å². The van der Waals surface area contributed by atoms with Crippen LogP contribution in [0.2, 0.25) is 0 Å². The van der Waals surface area contributed by atoms with Gasteiger partial charge in [0, 0.05) is 19.1 Å². The van der Waals surface area contributed by atoms with Crippen molar-refractivity contribution in [1.29, 1.82) is 0 Å². The van der Waals surface area contributed by atoms with Gasteiger partial charge in [0.2, 0.25) is 5.91 Å². The Balaban J connectivity index is 1.73. The van der Waals surface area contributed by atoms with Crippen molar-refractivity contribution >= 4 is 5.91 Å². The van der Waals surface area contributed by atoms with Crippen LogP contribution in [-0.2, 0) is 4.79 Å². The van der Waals surface area contributed by atoms with Crippen LogP contribution < -0.4 is 10.6 Å². The van der Waals surface area contributed by atoms with Crippen LogP contribution in [0.1, 0.15) is 44.9 Å². The minimum absolute atomic E-state index is 0.246. The van der Waals surface area contributed by atoms with E-state index in [0.717, 1.165) is 13.1 Å². The summed E-state index contributed by atoms with van der Waals surface area (Å²) >= 11 is 0. The van der Waals surface area contributed by atoms with Crippen LogP contribution in [0.25, 0.3) is 0 Å². The zero-order valence-corrected chi connectivity index (χ0v) is 9.43. The maximum atomic E-state index is 11.7. The topological polar surface area (TPSA) is 41.1 Å². The standard InChI is InChI=1S/C12H22N2O/c15-12(10-8-13-9-10)14-11-6-4-2-1-3-5-7-11/h10-11,13H,1-9H2,(H,14,15). The Morgan fingerprint density at radius 2 is 1.60 bits per heavy atom. The molecule has 2 N–H and O–H groups in total. The van der Waals surface area contributed by atoms with Gasteiger partial charge in [0.05, 0.1) is 5.92 Å².